The normalized spacial score (nSPS) is 10.3. The number of primary sulfonamides is 1. The summed E-state index contributed by atoms with van der Waals surface area (Å²) in [5, 5.41) is 4.56. The van der Waals surface area contributed by atoms with Crippen molar-refractivity contribution in [2.75, 3.05) is 12.3 Å². The Balaban J connectivity index is 3.66. The maximum absolute atomic E-state index is 10.1. The fraction of sp³-hybridized carbons (Fsp3) is 0.667. The lowest BCUT2D eigenvalue weighted by atomic mass is 10.8. The van der Waals surface area contributed by atoms with Gasteiger partial charge in [0.1, 0.15) is 0 Å². The van der Waals surface area contributed by atoms with E-state index in [1.807, 2.05) is 0 Å². The molecule has 6 heteroatoms. The van der Waals surface area contributed by atoms with Gasteiger partial charge in [-0.15, -0.1) is 0 Å². The molecule has 0 spiro atoms. The summed E-state index contributed by atoms with van der Waals surface area (Å²) in [6.07, 6.45) is 1.20. The number of nitrogens with zero attached hydrogens (tertiary/aromatic N) is 1. The number of aliphatic imine (C=N–C) groups is 1. The van der Waals surface area contributed by atoms with Gasteiger partial charge in [0.25, 0.3) is 0 Å². The van der Waals surface area contributed by atoms with Crippen LogP contribution in [0.5, 0.6) is 0 Å². The molecule has 0 radical (unpaired) electrons. The number of hydrogen-bond donors (Lipinski definition) is 1. The van der Waals surface area contributed by atoms with Crippen LogP contribution in [0.3, 0.4) is 0 Å². The third-order valence-electron chi connectivity index (χ3n) is 0.552. The van der Waals surface area contributed by atoms with Gasteiger partial charge in [-0.25, -0.2) is 23.3 Å². The summed E-state index contributed by atoms with van der Waals surface area (Å²) < 4.78 is 20.2. The van der Waals surface area contributed by atoms with Gasteiger partial charge in [0.2, 0.25) is 16.1 Å². The molecule has 5 nitrogen and oxygen atoms in total. The van der Waals surface area contributed by atoms with Crippen molar-refractivity contribution in [1.82, 2.24) is 0 Å². The van der Waals surface area contributed by atoms with Crippen LogP contribution >= 0.6 is 0 Å². The molecule has 0 aromatic carbocycles. The molecular weight excluding hydrogens is 144 g/mol. The molecule has 0 saturated carbocycles. The molecule has 0 rings (SSSR count). The van der Waals surface area contributed by atoms with Gasteiger partial charge in [-0.05, 0) is 0 Å². The zero-order valence-electron chi connectivity index (χ0n) is 4.57. The summed E-state index contributed by atoms with van der Waals surface area (Å²) in [6.45, 7) is -0.109. The molecule has 52 valence electrons. The maximum atomic E-state index is 10.1. The molecule has 2 N–H and O–H groups in total. The molecule has 0 aliphatic carbocycles. The zero-order valence-corrected chi connectivity index (χ0v) is 5.39. The third kappa shape index (κ3) is 7.29. The smallest absolute Gasteiger partial charge is 0.229 e. The molecule has 0 heterocycles. The monoisotopic (exact) mass is 150 g/mol. The van der Waals surface area contributed by atoms with E-state index in [2.05, 4.69) is 10.1 Å². The SMILES string of the molecule is NS(=O)(=O)CCN=C=O. The van der Waals surface area contributed by atoms with Crippen molar-refractivity contribution < 1.29 is 13.2 Å². The quantitative estimate of drug-likeness (QED) is 0.396. The van der Waals surface area contributed by atoms with Gasteiger partial charge in [0.05, 0.1) is 12.3 Å². The lowest BCUT2D eigenvalue weighted by Gasteiger charge is -1.87. The van der Waals surface area contributed by atoms with Gasteiger partial charge in [-0.2, -0.15) is 0 Å². The van der Waals surface area contributed by atoms with Gasteiger partial charge in [0.15, 0.2) is 0 Å². The van der Waals surface area contributed by atoms with Crippen LogP contribution in [0.2, 0.25) is 0 Å². The minimum absolute atomic E-state index is 0.109. The summed E-state index contributed by atoms with van der Waals surface area (Å²) >= 11 is 0. The molecule has 0 saturated heterocycles. The van der Waals surface area contributed by atoms with Crippen molar-refractivity contribution in [3.8, 4) is 0 Å². The van der Waals surface area contributed by atoms with Crippen LogP contribution in [-0.4, -0.2) is 26.8 Å². The zero-order chi connectivity index (χ0) is 7.33. The highest BCUT2D eigenvalue weighted by Gasteiger charge is 1.98. The number of nitrogens with two attached hydrogens (primary N) is 1. The van der Waals surface area contributed by atoms with Gasteiger partial charge in [-0.1, -0.05) is 0 Å². The first kappa shape index (κ1) is 8.29. The number of isocyanates is 1. The summed E-state index contributed by atoms with van der Waals surface area (Å²) in [6, 6.07) is 0. The van der Waals surface area contributed by atoms with E-state index in [-0.39, 0.29) is 12.3 Å². The first-order valence-electron chi connectivity index (χ1n) is 2.10. The molecule has 0 aliphatic heterocycles. The average Bonchev–Trinajstić information content (AvgIpc) is 1.63. The largest absolute Gasteiger partial charge is 0.234 e. The van der Waals surface area contributed by atoms with E-state index in [1.54, 1.807) is 0 Å². The van der Waals surface area contributed by atoms with Crippen LogP contribution in [0.25, 0.3) is 0 Å². The maximum Gasteiger partial charge on any atom is 0.234 e. The fourth-order valence-corrected chi connectivity index (χ4v) is 0.564. The molecule has 0 aromatic heterocycles. The molecule has 0 fully saturated rings. The van der Waals surface area contributed by atoms with E-state index in [1.165, 1.54) is 6.08 Å². The molecular formula is C3H6N2O3S. The lowest BCUT2D eigenvalue weighted by molar-refractivity contribution is 0.563. The van der Waals surface area contributed by atoms with Gasteiger partial charge in [-0.3, -0.25) is 0 Å². The second kappa shape index (κ2) is 3.34. The first-order valence-corrected chi connectivity index (χ1v) is 3.82. The third-order valence-corrected chi connectivity index (χ3v) is 1.30. The second-order valence-corrected chi connectivity index (χ2v) is 3.07. The van der Waals surface area contributed by atoms with E-state index in [0.717, 1.165) is 0 Å². The Bertz CT molecular complexity index is 213. The Kier molecular flexibility index (Phi) is 3.08. The number of carbonyl (C=O) groups excluding carboxylic acids is 1. The Morgan fingerprint density at radius 2 is 2.11 bits per heavy atom. The molecule has 0 atom stereocenters. The van der Waals surface area contributed by atoms with Crippen molar-refractivity contribution in [1.29, 1.82) is 0 Å². The van der Waals surface area contributed by atoms with E-state index in [4.69, 9.17) is 0 Å². The Morgan fingerprint density at radius 3 is 2.44 bits per heavy atom. The minimum atomic E-state index is -3.47. The predicted molar refractivity (Wildman–Crippen MR) is 31.0 cm³/mol. The van der Waals surface area contributed by atoms with Gasteiger partial charge in [0, 0.05) is 0 Å². The molecule has 9 heavy (non-hydrogen) atoms. The van der Waals surface area contributed by atoms with Crippen molar-refractivity contribution in [3.63, 3.8) is 0 Å². The van der Waals surface area contributed by atoms with Crippen LogP contribution < -0.4 is 5.14 Å². The first-order chi connectivity index (χ1) is 4.06. The van der Waals surface area contributed by atoms with Crippen molar-refractivity contribution in [2.45, 2.75) is 0 Å². The summed E-state index contributed by atoms with van der Waals surface area (Å²) in [7, 11) is -3.47. The highest BCUT2D eigenvalue weighted by Crippen LogP contribution is 1.75. The average molecular weight is 150 g/mol. The highest BCUT2D eigenvalue weighted by atomic mass is 32.2. The van der Waals surface area contributed by atoms with Crippen LogP contribution in [0.1, 0.15) is 0 Å². The van der Waals surface area contributed by atoms with Crippen molar-refractivity contribution >= 4 is 16.1 Å². The van der Waals surface area contributed by atoms with Crippen LogP contribution in [0.4, 0.5) is 0 Å². The van der Waals surface area contributed by atoms with E-state index < -0.39 is 10.0 Å². The Morgan fingerprint density at radius 1 is 1.56 bits per heavy atom. The predicted octanol–water partition coefficient (Wildman–Crippen LogP) is -1.39. The molecule has 0 bridgehead atoms. The number of rotatable bonds is 3. The van der Waals surface area contributed by atoms with Crippen molar-refractivity contribution in [2.24, 2.45) is 10.1 Å². The fourth-order valence-electron chi connectivity index (χ4n) is 0.219. The molecule has 0 amide bonds. The number of sulfonamides is 1. The summed E-state index contributed by atoms with van der Waals surface area (Å²) in [5.41, 5.74) is 0. The second-order valence-electron chi connectivity index (χ2n) is 1.34. The van der Waals surface area contributed by atoms with Crippen LogP contribution in [0.15, 0.2) is 4.99 Å². The topological polar surface area (TPSA) is 89.6 Å². The van der Waals surface area contributed by atoms with Crippen molar-refractivity contribution in [3.05, 3.63) is 0 Å². The van der Waals surface area contributed by atoms with E-state index in [0.29, 0.717) is 0 Å². The Hall–Kier alpha value is -0.710. The molecule has 0 aliphatic rings. The van der Waals surface area contributed by atoms with Gasteiger partial charge < -0.3 is 0 Å². The van der Waals surface area contributed by atoms with Gasteiger partial charge >= 0.3 is 0 Å². The van der Waals surface area contributed by atoms with Crippen LogP contribution in [0, 0.1) is 0 Å². The summed E-state index contributed by atoms with van der Waals surface area (Å²) in [5.74, 6) is -0.303. The molecule has 0 unspecified atom stereocenters. The van der Waals surface area contributed by atoms with E-state index >= 15 is 0 Å². The lowest BCUT2D eigenvalue weighted by Crippen LogP contribution is -2.18. The van der Waals surface area contributed by atoms with E-state index in [9.17, 15) is 13.2 Å². The molecule has 0 aromatic rings. The standard InChI is InChI=1S/C3H6N2O3S/c4-9(7,8)2-1-5-3-6/h1-2H2,(H2,4,7,8). The summed E-state index contributed by atoms with van der Waals surface area (Å²) in [4.78, 5) is 12.4. The van der Waals surface area contributed by atoms with Crippen LogP contribution in [-0.2, 0) is 14.8 Å². The Labute approximate surface area is 52.6 Å². The number of hydrogen-bond acceptors (Lipinski definition) is 4. The highest BCUT2D eigenvalue weighted by molar-refractivity contribution is 7.89. The minimum Gasteiger partial charge on any atom is -0.229 e.